The molecule has 1 N–H and O–H groups in total. The standard InChI is InChI=1S/C33H33ClF7N5O3/c1-18-13-21(4-6-25(18)34)46-19(2)43-28(44-46)30(7-10-42-11-8-30)27(47)32(49-29(48)33(39,40)41)16-22(45-12-9-31(37,38)17-45)15-24(32)23-5-3-20(35)14-26(23)36/h3-6,13-14,22,24,42H,7-12,15-17H2,1-2H3/t22-,24-,32-/m1/s1. The SMILES string of the molecule is Cc1cc(-n2nc(C3(C(=O)[C@@]4(OC(=O)C(F)(F)F)C[C@H](N5CCC(F)(F)C5)C[C@@H]4c4ccc(F)cc4F)CCNCC3)nc2C)ccc1Cl. The first-order chi connectivity index (χ1) is 23.0. The number of hydrogen-bond donors (Lipinski definition) is 1. The van der Waals surface area contributed by atoms with Crippen LogP contribution >= 0.6 is 11.6 Å². The van der Waals surface area contributed by atoms with Gasteiger partial charge in [-0.25, -0.2) is 32.0 Å². The molecule has 264 valence electrons. The summed E-state index contributed by atoms with van der Waals surface area (Å²) in [5.41, 5.74) is -3.60. The summed E-state index contributed by atoms with van der Waals surface area (Å²) in [5.74, 6) is -10.3. The number of nitrogens with zero attached hydrogens (tertiary/aromatic N) is 4. The van der Waals surface area contributed by atoms with Crippen LogP contribution in [0.3, 0.4) is 0 Å². The first-order valence-electron chi connectivity index (χ1n) is 15.8. The third kappa shape index (κ3) is 6.45. The van der Waals surface area contributed by atoms with Gasteiger partial charge in [-0.15, -0.1) is 5.10 Å². The summed E-state index contributed by atoms with van der Waals surface area (Å²) >= 11 is 6.21. The van der Waals surface area contributed by atoms with E-state index in [1.807, 2.05) is 0 Å². The molecule has 3 aliphatic rings. The molecule has 0 radical (unpaired) electrons. The van der Waals surface area contributed by atoms with Gasteiger partial charge in [-0.05, 0) is 81.6 Å². The van der Waals surface area contributed by atoms with Gasteiger partial charge in [-0.2, -0.15) is 13.2 Å². The lowest BCUT2D eigenvalue weighted by Gasteiger charge is -2.43. The molecule has 0 amide bonds. The Kier molecular flexibility index (Phi) is 9.10. The summed E-state index contributed by atoms with van der Waals surface area (Å²) in [5, 5.41) is 8.26. The minimum Gasteiger partial charge on any atom is -0.444 e. The van der Waals surface area contributed by atoms with Crippen LogP contribution in [-0.2, 0) is 19.7 Å². The fourth-order valence-electron chi connectivity index (χ4n) is 7.59. The van der Waals surface area contributed by atoms with Gasteiger partial charge in [0.25, 0.3) is 5.92 Å². The topological polar surface area (TPSA) is 89.4 Å². The molecule has 1 saturated carbocycles. The van der Waals surface area contributed by atoms with Crippen LogP contribution in [0.4, 0.5) is 30.7 Å². The molecular weight excluding hydrogens is 683 g/mol. The summed E-state index contributed by atoms with van der Waals surface area (Å²) in [4.78, 5) is 34.1. The summed E-state index contributed by atoms with van der Waals surface area (Å²) in [6, 6.07) is 6.40. The average molecular weight is 716 g/mol. The Bertz CT molecular complexity index is 1780. The van der Waals surface area contributed by atoms with Crippen LogP contribution in [0.25, 0.3) is 5.69 Å². The summed E-state index contributed by atoms with van der Waals surface area (Å²) in [6.07, 6.45) is -7.15. The number of rotatable bonds is 7. The van der Waals surface area contributed by atoms with E-state index in [0.29, 0.717) is 22.6 Å². The smallest absolute Gasteiger partial charge is 0.444 e. The highest BCUT2D eigenvalue weighted by Crippen LogP contribution is 2.54. The zero-order valence-corrected chi connectivity index (χ0v) is 27.3. The monoisotopic (exact) mass is 715 g/mol. The number of aromatic nitrogens is 3. The summed E-state index contributed by atoms with van der Waals surface area (Å²) in [6.45, 7) is 2.87. The van der Waals surface area contributed by atoms with Crippen molar-refractivity contribution in [2.24, 2.45) is 0 Å². The Morgan fingerprint density at radius 1 is 1.04 bits per heavy atom. The van der Waals surface area contributed by atoms with Gasteiger partial charge < -0.3 is 10.1 Å². The minimum atomic E-state index is -5.57. The fourth-order valence-corrected chi connectivity index (χ4v) is 7.71. The molecule has 2 aromatic carbocycles. The van der Waals surface area contributed by atoms with Crippen LogP contribution in [0, 0.1) is 25.5 Å². The largest absolute Gasteiger partial charge is 0.490 e. The second-order valence-corrected chi connectivity index (χ2v) is 13.6. The highest BCUT2D eigenvalue weighted by molar-refractivity contribution is 6.31. The number of ether oxygens (including phenoxy) is 1. The maximum atomic E-state index is 15.6. The van der Waals surface area contributed by atoms with Gasteiger partial charge in [0.15, 0.2) is 17.2 Å². The highest BCUT2D eigenvalue weighted by atomic mass is 35.5. The van der Waals surface area contributed by atoms with E-state index in [9.17, 15) is 31.1 Å². The van der Waals surface area contributed by atoms with Crippen molar-refractivity contribution in [1.82, 2.24) is 25.0 Å². The number of alkyl halides is 5. The second kappa shape index (κ2) is 12.6. The quantitative estimate of drug-likeness (QED) is 0.233. The molecule has 0 unspecified atom stereocenters. The molecule has 2 aliphatic heterocycles. The third-order valence-corrected chi connectivity index (χ3v) is 10.5. The molecule has 0 bridgehead atoms. The van der Waals surface area contributed by atoms with Crippen LogP contribution in [0.5, 0.6) is 0 Å². The molecule has 0 spiro atoms. The van der Waals surface area contributed by atoms with Gasteiger partial charge in [-0.1, -0.05) is 17.7 Å². The van der Waals surface area contributed by atoms with Crippen molar-refractivity contribution in [3.63, 3.8) is 0 Å². The number of aryl methyl sites for hydroxylation is 2. The van der Waals surface area contributed by atoms with Gasteiger partial charge in [0.05, 0.1) is 17.6 Å². The van der Waals surface area contributed by atoms with E-state index in [1.165, 1.54) is 9.58 Å². The number of ketones is 1. The number of likely N-dealkylation sites (tertiary alicyclic amines) is 1. The molecule has 1 aromatic heterocycles. The van der Waals surface area contributed by atoms with Crippen molar-refractivity contribution in [3.8, 4) is 5.69 Å². The number of Topliss-reactive ketones (excluding diaryl/α,β-unsaturated/α-hetero) is 1. The van der Waals surface area contributed by atoms with Crippen molar-refractivity contribution >= 4 is 23.4 Å². The second-order valence-electron chi connectivity index (χ2n) is 13.2. The minimum absolute atomic E-state index is 0.0364. The third-order valence-electron chi connectivity index (χ3n) is 10.0. The lowest BCUT2D eigenvalue weighted by atomic mass is 9.65. The summed E-state index contributed by atoms with van der Waals surface area (Å²) in [7, 11) is 0. The van der Waals surface area contributed by atoms with Crippen LogP contribution < -0.4 is 5.32 Å². The maximum absolute atomic E-state index is 15.6. The van der Waals surface area contributed by atoms with Gasteiger partial charge in [0, 0.05) is 42.4 Å². The predicted octanol–water partition coefficient (Wildman–Crippen LogP) is 6.14. The number of benzene rings is 2. The molecule has 3 aromatic rings. The van der Waals surface area contributed by atoms with Crippen LogP contribution in [-0.4, -0.2) is 81.3 Å². The number of carbonyl (C=O) groups excluding carboxylic acids is 2. The molecule has 6 rings (SSSR count). The molecule has 2 saturated heterocycles. The maximum Gasteiger partial charge on any atom is 0.490 e. The van der Waals surface area contributed by atoms with Crippen molar-refractivity contribution in [1.29, 1.82) is 0 Å². The van der Waals surface area contributed by atoms with E-state index < -0.39 is 77.8 Å². The average Bonchev–Trinajstić information content (AvgIpc) is 3.73. The molecule has 16 heteroatoms. The lowest BCUT2D eigenvalue weighted by Crippen LogP contribution is -2.59. The molecule has 3 fully saturated rings. The number of esters is 1. The normalized spacial score (nSPS) is 25.4. The van der Waals surface area contributed by atoms with Gasteiger partial charge >= 0.3 is 12.1 Å². The van der Waals surface area contributed by atoms with E-state index in [2.05, 4.69) is 15.4 Å². The summed E-state index contributed by atoms with van der Waals surface area (Å²) < 4.78 is 107. The van der Waals surface area contributed by atoms with E-state index in [1.54, 1.807) is 32.0 Å². The molecule has 3 heterocycles. The molecule has 3 atom stereocenters. The Balaban J connectivity index is 1.54. The Labute approximate surface area is 281 Å². The van der Waals surface area contributed by atoms with Crippen LogP contribution in [0.2, 0.25) is 5.02 Å². The van der Waals surface area contributed by atoms with Crippen molar-refractivity contribution in [3.05, 3.63) is 75.8 Å². The van der Waals surface area contributed by atoms with E-state index in [0.717, 1.165) is 17.7 Å². The van der Waals surface area contributed by atoms with Gasteiger partial charge in [0.1, 0.15) is 17.5 Å². The number of nitrogens with one attached hydrogen (secondary N) is 1. The molecule has 8 nitrogen and oxygen atoms in total. The van der Waals surface area contributed by atoms with Crippen molar-refractivity contribution in [2.45, 2.75) is 81.0 Å². The molecule has 1 aliphatic carbocycles. The van der Waals surface area contributed by atoms with E-state index in [-0.39, 0.29) is 50.3 Å². The Morgan fingerprint density at radius 3 is 2.37 bits per heavy atom. The number of hydrogen-bond acceptors (Lipinski definition) is 7. The zero-order valence-electron chi connectivity index (χ0n) is 26.5. The van der Waals surface area contributed by atoms with Crippen molar-refractivity contribution < 1.29 is 45.1 Å². The number of halogens is 8. The van der Waals surface area contributed by atoms with Crippen LogP contribution in [0.15, 0.2) is 36.4 Å². The number of piperidine rings is 1. The highest BCUT2D eigenvalue weighted by Gasteiger charge is 2.66. The Morgan fingerprint density at radius 2 is 1.76 bits per heavy atom. The van der Waals surface area contributed by atoms with E-state index >= 15 is 9.18 Å². The lowest BCUT2D eigenvalue weighted by molar-refractivity contribution is -0.216. The first-order valence-corrected chi connectivity index (χ1v) is 16.2. The van der Waals surface area contributed by atoms with Gasteiger partial charge in [0.2, 0.25) is 0 Å². The Hall–Kier alpha value is -3.56. The van der Waals surface area contributed by atoms with Crippen LogP contribution in [0.1, 0.15) is 60.8 Å². The first kappa shape index (κ1) is 35.3. The zero-order chi connectivity index (χ0) is 35.5. The van der Waals surface area contributed by atoms with Gasteiger partial charge in [-0.3, -0.25) is 9.69 Å². The predicted molar refractivity (Wildman–Crippen MR) is 163 cm³/mol. The fraction of sp³-hybridized carbons (Fsp3) is 0.515. The molecule has 49 heavy (non-hydrogen) atoms. The molecular formula is C33H33ClF7N5O3. The van der Waals surface area contributed by atoms with E-state index in [4.69, 9.17) is 16.3 Å². The van der Waals surface area contributed by atoms with Crippen molar-refractivity contribution in [2.75, 3.05) is 26.2 Å². The number of carbonyl (C=O) groups is 2.